The van der Waals surface area contributed by atoms with Crippen LogP contribution in [0.3, 0.4) is 0 Å². The Morgan fingerprint density at radius 2 is 1.84 bits per heavy atom. The maximum absolute atomic E-state index is 13.0. The van der Waals surface area contributed by atoms with E-state index in [2.05, 4.69) is 36.9 Å². The van der Waals surface area contributed by atoms with Gasteiger partial charge < -0.3 is 24.2 Å². The Morgan fingerprint density at radius 1 is 1.10 bits per heavy atom. The van der Waals surface area contributed by atoms with Gasteiger partial charge in [-0.3, -0.25) is 4.79 Å². The van der Waals surface area contributed by atoms with Crippen LogP contribution in [0.15, 0.2) is 42.5 Å². The fourth-order valence-electron chi connectivity index (χ4n) is 4.45. The highest BCUT2D eigenvalue weighted by Crippen LogP contribution is 2.31. The van der Waals surface area contributed by atoms with E-state index in [9.17, 15) is 4.79 Å². The molecule has 6 nitrogen and oxygen atoms in total. The molecule has 2 aliphatic rings. The van der Waals surface area contributed by atoms with E-state index in [1.54, 1.807) is 0 Å². The summed E-state index contributed by atoms with van der Waals surface area (Å²) in [6, 6.07) is 14.2. The number of aryl methyl sites for hydroxylation is 1. The highest BCUT2D eigenvalue weighted by atomic mass is 16.6. The summed E-state index contributed by atoms with van der Waals surface area (Å²) < 4.78 is 11.9. The quantitative estimate of drug-likeness (QED) is 0.767. The number of fused-ring (bicyclic) bond motifs is 1. The van der Waals surface area contributed by atoms with Crippen molar-refractivity contribution >= 4 is 11.6 Å². The first kappa shape index (κ1) is 21.5. The molecule has 0 radical (unpaired) electrons. The van der Waals surface area contributed by atoms with Gasteiger partial charge >= 0.3 is 0 Å². The van der Waals surface area contributed by atoms with Crippen molar-refractivity contribution in [1.29, 1.82) is 0 Å². The monoisotopic (exact) mass is 424 g/mol. The molecule has 2 aromatic rings. The number of likely N-dealkylation sites (N-methyl/N-ethyl adjacent to an activating group) is 1. The van der Waals surface area contributed by atoms with Gasteiger partial charge in [0.25, 0.3) is 5.91 Å². The molecule has 4 rings (SSSR count). The van der Waals surface area contributed by atoms with Crippen molar-refractivity contribution in [2.75, 3.05) is 57.3 Å². The number of ether oxygens (including phenoxy) is 2. The van der Waals surface area contributed by atoms with E-state index in [-0.39, 0.29) is 12.0 Å². The second-order valence-corrected chi connectivity index (χ2v) is 8.56. The van der Waals surface area contributed by atoms with Crippen LogP contribution < -0.4 is 19.3 Å². The molecule has 2 aliphatic heterocycles. The summed E-state index contributed by atoms with van der Waals surface area (Å²) in [4.78, 5) is 18.7. The molecule has 2 heterocycles. The van der Waals surface area contributed by atoms with Gasteiger partial charge in [-0.25, -0.2) is 0 Å². The van der Waals surface area contributed by atoms with Crippen molar-refractivity contribution < 1.29 is 19.2 Å². The molecule has 1 atom stereocenters. The lowest BCUT2D eigenvalue weighted by atomic mass is 10.1. The molecular weight excluding hydrogens is 390 g/mol. The van der Waals surface area contributed by atoms with E-state index < -0.39 is 0 Å². The summed E-state index contributed by atoms with van der Waals surface area (Å²) in [6.07, 6.45) is -0.130. The molecule has 1 fully saturated rings. The van der Waals surface area contributed by atoms with E-state index in [1.165, 1.54) is 21.7 Å². The van der Waals surface area contributed by atoms with Gasteiger partial charge in [-0.15, -0.1) is 0 Å². The third-order valence-electron chi connectivity index (χ3n) is 6.51. The predicted octanol–water partition coefficient (Wildman–Crippen LogP) is 1.70. The molecule has 1 saturated heterocycles. The molecule has 0 aliphatic carbocycles. The normalized spacial score (nSPS) is 18.7. The number of nitrogens with zero attached hydrogens (tertiary/aromatic N) is 2. The molecule has 0 unspecified atom stereocenters. The molecule has 31 heavy (non-hydrogen) atoms. The Balaban J connectivity index is 1.28. The van der Waals surface area contributed by atoms with E-state index in [4.69, 9.17) is 9.47 Å². The Bertz CT molecular complexity index is 909. The Hall–Kier alpha value is -2.73. The van der Waals surface area contributed by atoms with Crippen LogP contribution >= 0.6 is 0 Å². The molecule has 6 heteroatoms. The number of para-hydroxylation sites is 2. The van der Waals surface area contributed by atoms with Crippen LogP contribution in [0.1, 0.15) is 18.1 Å². The lowest BCUT2D eigenvalue weighted by Gasteiger charge is -2.35. The number of hydrogen-bond acceptors (Lipinski definition) is 4. The number of hydrogen-bond donors (Lipinski definition) is 1. The van der Waals surface area contributed by atoms with Crippen LogP contribution in [-0.2, 0) is 4.79 Å². The van der Waals surface area contributed by atoms with Crippen LogP contribution in [0.4, 0.5) is 5.69 Å². The second kappa shape index (κ2) is 9.60. The van der Waals surface area contributed by atoms with Gasteiger partial charge in [0.1, 0.15) is 6.61 Å². The van der Waals surface area contributed by atoms with Crippen molar-refractivity contribution in [2.45, 2.75) is 26.9 Å². The number of quaternary nitrogens is 1. The minimum absolute atomic E-state index is 0.130. The number of carbonyl (C=O) groups excluding carboxylic acids is 1. The maximum Gasteiger partial charge on any atom is 0.277 e. The number of piperazine rings is 1. The van der Waals surface area contributed by atoms with Gasteiger partial charge in [0.15, 0.2) is 24.1 Å². The standard InChI is InChI=1S/C25H33N3O3/c1-4-27(16-21-18-30-23-10-5-6-11-24(23)31-21)25(29)17-26-12-14-28(15-13-26)22-9-7-8-19(2)20(22)3/h5-11,21H,4,12-18H2,1-3H3/p+1/t21-/m0/s1. The highest BCUT2D eigenvalue weighted by Gasteiger charge is 2.28. The maximum atomic E-state index is 13.0. The molecule has 0 aromatic heterocycles. The highest BCUT2D eigenvalue weighted by molar-refractivity contribution is 5.77. The van der Waals surface area contributed by atoms with Crippen molar-refractivity contribution in [3.05, 3.63) is 53.6 Å². The van der Waals surface area contributed by atoms with Crippen LogP contribution in [-0.4, -0.2) is 69.3 Å². The van der Waals surface area contributed by atoms with Crippen molar-refractivity contribution in [1.82, 2.24) is 4.90 Å². The average molecular weight is 425 g/mol. The fourth-order valence-corrected chi connectivity index (χ4v) is 4.45. The Kier molecular flexibility index (Phi) is 6.66. The zero-order valence-electron chi connectivity index (χ0n) is 18.9. The van der Waals surface area contributed by atoms with E-state index in [0.717, 1.165) is 37.7 Å². The number of carbonyl (C=O) groups is 1. The van der Waals surface area contributed by atoms with Crippen LogP contribution in [0, 0.1) is 13.8 Å². The first-order valence-electron chi connectivity index (χ1n) is 11.4. The number of benzene rings is 2. The van der Waals surface area contributed by atoms with Gasteiger partial charge in [0.2, 0.25) is 0 Å². The molecular formula is C25H34N3O3+. The van der Waals surface area contributed by atoms with E-state index >= 15 is 0 Å². The third-order valence-corrected chi connectivity index (χ3v) is 6.51. The smallest absolute Gasteiger partial charge is 0.277 e. The topological polar surface area (TPSA) is 46.5 Å². The summed E-state index contributed by atoms with van der Waals surface area (Å²) in [5, 5.41) is 0. The second-order valence-electron chi connectivity index (χ2n) is 8.56. The SMILES string of the molecule is CCN(C[C@H]1COc2ccccc2O1)C(=O)C[NH+]1CCN(c2cccc(C)c2C)CC1. The van der Waals surface area contributed by atoms with Gasteiger partial charge in [-0.1, -0.05) is 24.3 Å². The first-order valence-corrected chi connectivity index (χ1v) is 11.4. The Morgan fingerprint density at radius 3 is 2.58 bits per heavy atom. The van der Waals surface area contributed by atoms with Crippen LogP contribution in [0.25, 0.3) is 0 Å². The number of anilines is 1. The minimum atomic E-state index is -0.130. The summed E-state index contributed by atoms with van der Waals surface area (Å²) in [6.45, 7) is 12.6. The molecule has 0 saturated carbocycles. The average Bonchev–Trinajstić information content (AvgIpc) is 2.79. The lowest BCUT2D eigenvalue weighted by Crippen LogP contribution is -3.16. The largest absolute Gasteiger partial charge is 0.486 e. The molecule has 2 aromatic carbocycles. The van der Waals surface area contributed by atoms with Gasteiger partial charge in [0, 0.05) is 12.2 Å². The fraction of sp³-hybridized carbons (Fsp3) is 0.480. The van der Waals surface area contributed by atoms with Gasteiger partial charge in [-0.05, 0) is 50.1 Å². The third kappa shape index (κ3) is 4.96. The minimum Gasteiger partial charge on any atom is -0.486 e. The van der Waals surface area contributed by atoms with Crippen molar-refractivity contribution in [2.24, 2.45) is 0 Å². The van der Waals surface area contributed by atoms with E-state index in [1.807, 2.05) is 36.1 Å². The van der Waals surface area contributed by atoms with Crippen LogP contribution in [0.2, 0.25) is 0 Å². The van der Waals surface area contributed by atoms with Gasteiger partial charge in [-0.2, -0.15) is 0 Å². The van der Waals surface area contributed by atoms with E-state index in [0.29, 0.717) is 26.2 Å². The number of amides is 1. The molecule has 0 bridgehead atoms. The lowest BCUT2D eigenvalue weighted by molar-refractivity contribution is -0.892. The predicted molar refractivity (Wildman–Crippen MR) is 122 cm³/mol. The summed E-state index contributed by atoms with van der Waals surface area (Å²) in [5.41, 5.74) is 4.02. The summed E-state index contributed by atoms with van der Waals surface area (Å²) in [5.74, 6) is 1.73. The van der Waals surface area contributed by atoms with Crippen molar-refractivity contribution in [3.8, 4) is 11.5 Å². The molecule has 1 amide bonds. The summed E-state index contributed by atoms with van der Waals surface area (Å²) in [7, 11) is 0. The zero-order chi connectivity index (χ0) is 21.8. The van der Waals surface area contributed by atoms with Crippen molar-refractivity contribution in [3.63, 3.8) is 0 Å². The summed E-state index contributed by atoms with van der Waals surface area (Å²) >= 11 is 0. The Labute approximate surface area is 185 Å². The number of nitrogens with one attached hydrogen (secondary N) is 1. The number of rotatable bonds is 6. The first-order chi connectivity index (χ1) is 15.0. The zero-order valence-corrected chi connectivity index (χ0v) is 18.9. The molecule has 166 valence electrons. The molecule has 0 spiro atoms. The molecule has 1 N–H and O–H groups in total. The van der Waals surface area contributed by atoms with Crippen LogP contribution in [0.5, 0.6) is 11.5 Å². The van der Waals surface area contributed by atoms with Gasteiger partial charge in [0.05, 0.1) is 32.7 Å².